The molecule has 3 nitrogen and oxygen atoms in total. The first-order chi connectivity index (χ1) is 6.64. The van der Waals surface area contributed by atoms with Crippen LogP contribution in [0.4, 0.5) is 0 Å². The Hall–Kier alpha value is -0.160. The summed E-state index contributed by atoms with van der Waals surface area (Å²) in [5.74, 6) is 0.0599. The van der Waals surface area contributed by atoms with Crippen molar-refractivity contribution in [3.8, 4) is 0 Å². The molecule has 0 aromatic rings. The average molecular weight is 262 g/mol. The number of halogens is 1. The Balaban J connectivity index is 2.82. The van der Waals surface area contributed by atoms with Crippen molar-refractivity contribution in [2.75, 3.05) is 13.2 Å². The first-order valence-corrected chi connectivity index (χ1v) is 5.49. The molecule has 0 aromatic carbocycles. The van der Waals surface area contributed by atoms with E-state index in [4.69, 9.17) is 15.9 Å². The van der Waals surface area contributed by atoms with Crippen molar-refractivity contribution < 1.29 is 10.2 Å². The van der Waals surface area contributed by atoms with Crippen molar-refractivity contribution in [3.05, 3.63) is 22.7 Å². The SMILES string of the molecule is NC1(CCO)C=CC=C(Br)C1CCO. The maximum absolute atomic E-state index is 8.95. The van der Waals surface area contributed by atoms with E-state index in [9.17, 15) is 0 Å². The second-order valence-electron chi connectivity index (χ2n) is 3.56. The Morgan fingerprint density at radius 1 is 1.43 bits per heavy atom. The van der Waals surface area contributed by atoms with Gasteiger partial charge in [0.25, 0.3) is 0 Å². The Morgan fingerprint density at radius 2 is 2.14 bits per heavy atom. The molecule has 0 bridgehead atoms. The van der Waals surface area contributed by atoms with E-state index in [-0.39, 0.29) is 19.1 Å². The minimum atomic E-state index is -0.537. The van der Waals surface area contributed by atoms with Gasteiger partial charge in [-0.25, -0.2) is 0 Å². The molecule has 0 amide bonds. The minimum absolute atomic E-state index is 0.0586. The van der Waals surface area contributed by atoms with Crippen molar-refractivity contribution in [2.45, 2.75) is 18.4 Å². The van der Waals surface area contributed by atoms with Gasteiger partial charge in [-0.1, -0.05) is 34.2 Å². The van der Waals surface area contributed by atoms with E-state index in [1.165, 1.54) is 0 Å². The van der Waals surface area contributed by atoms with Gasteiger partial charge in [-0.3, -0.25) is 0 Å². The molecule has 0 radical (unpaired) electrons. The first-order valence-electron chi connectivity index (χ1n) is 4.69. The van der Waals surface area contributed by atoms with Crippen molar-refractivity contribution in [1.29, 1.82) is 0 Å². The van der Waals surface area contributed by atoms with E-state index in [0.29, 0.717) is 12.8 Å². The number of aliphatic hydroxyl groups is 2. The normalized spacial score (nSPS) is 31.7. The van der Waals surface area contributed by atoms with Crippen LogP contribution in [-0.4, -0.2) is 29.0 Å². The third kappa shape index (κ3) is 2.45. The van der Waals surface area contributed by atoms with Gasteiger partial charge in [0, 0.05) is 29.2 Å². The lowest BCUT2D eigenvalue weighted by atomic mass is 9.77. The van der Waals surface area contributed by atoms with Crippen molar-refractivity contribution in [1.82, 2.24) is 0 Å². The van der Waals surface area contributed by atoms with Crippen LogP contribution in [0.1, 0.15) is 12.8 Å². The molecule has 4 heteroatoms. The molecule has 1 rings (SSSR count). The van der Waals surface area contributed by atoms with Crippen LogP contribution < -0.4 is 5.73 Å². The van der Waals surface area contributed by atoms with Gasteiger partial charge in [0.05, 0.1) is 0 Å². The number of rotatable bonds is 4. The maximum atomic E-state index is 8.95. The molecule has 80 valence electrons. The quantitative estimate of drug-likeness (QED) is 0.705. The minimum Gasteiger partial charge on any atom is -0.396 e. The average Bonchev–Trinajstić information content (AvgIpc) is 2.12. The van der Waals surface area contributed by atoms with Crippen molar-refractivity contribution >= 4 is 15.9 Å². The predicted molar refractivity (Wildman–Crippen MR) is 60.0 cm³/mol. The molecule has 4 N–H and O–H groups in total. The molecule has 0 fully saturated rings. The van der Waals surface area contributed by atoms with Crippen LogP contribution >= 0.6 is 15.9 Å². The summed E-state index contributed by atoms with van der Waals surface area (Å²) in [6, 6.07) is 0. The fraction of sp³-hybridized carbons (Fsp3) is 0.600. The van der Waals surface area contributed by atoms with E-state index in [0.717, 1.165) is 4.48 Å². The lowest BCUT2D eigenvalue weighted by molar-refractivity contribution is 0.202. The van der Waals surface area contributed by atoms with Crippen LogP contribution in [0.2, 0.25) is 0 Å². The number of hydrogen-bond donors (Lipinski definition) is 3. The molecular formula is C10H16BrNO2. The third-order valence-corrected chi connectivity index (χ3v) is 3.42. The van der Waals surface area contributed by atoms with Crippen LogP contribution in [0.5, 0.6) is 0 Å². The molecule has 0 saturated carbocycles. The van der Waals surface area contributed by atoms with Crippen LogP contribution in [0, 0.1) is 5.92 Å². The van der Waals surface area contributed by atoms with Gasteiger partial charge < -0.3 is 15.9 Å². The highest BCUT2D eigenvalue weighted by Crippen LogP contribution is 2.36. The Morgan fingerprint density at radius 3 is 2.71 bits per heavy atom. The van der Waals surface area contributed by atoms with E-state index < -0.39 is 5.54 Å². The van der Waals surface area contributed by atoms with Gasteiger partial charge in [0.1, 0.15) is 0 Å². The largest absolute Gasteiger partial charge is 0.396 e. The zero-order chi connectivity index (χ0) is 10.6. The van der Waals surface area contributed by atoms with E-state index in [2.05, 4.69) is 15.9 Å². The summed E-state index contributed by atoms with van der Waals surface area (Å²) in [5, 5.41) is 17.9. The molecule has 0 heterocycles. The van der Waals surface area contributed by atoms with Crippen LogP contribution in [-0.2, 0) is 0 Å². The smallest absolute Gasteiger partial charge is 0.0451 e. The third-order valence-electron chi connectivity index (χ3n) is 2.61. The van der Waals surface area contributed by atoms with Crippen LogP contribution in [0.15, 0.2) is 22.7 Å². The highest BCUT2D eigenvalue weighted by atomic mass is 79.9. The Bertz CT molecular complexity index is 253. The van der Waals surface area contributed by atoms with E-state index in [1.54, 1.807) is 0 Å². The fourth-order valence-corrected chi connectivity index (χ4v) is 2.60. The Labute approximate surface area is 92.4 Å². The Kier molecular flexibility index (Phi) is 4.31. The second-order valence-corrected chi connectivity index (χ2v) is 4.48. The summed E-state index contributed by atoms with van der Waals surface area (Å²) >= 11 is 3.44. The molecule has 1 aliphatic rings. The maximum Gasteiger partial charge on any atom is 0.0451 e. The summed E-state index contributed by atoms with van der Waals surface area (Å²) < 4.78 is 0.991. The number of nitrogens with two attached hydrogens (primary N) is 1. The van der Waals surface area contributed by atoms with Crippen molar-refractivity contribution in [3.63, 3.8) is 0 Å². The fourth-order valence-electron chi connectivity index (χ4n) is 1.80. The molecule has 0 aromatic heterocycles. The summed E-state index contributed by atoms with van der Waals surface area (Å²) in [4.78, 5) is 0. The highest BCUT2D eigenvalue weighted by Gasteiger charge is 2.34. The number of allylic oxidation sites excluding steroid dienone is 2. The molecule has 0 aliphatic heterocycles. The molecule has 0 saturated heterocycles. The number of hydrogen-bond acceptors (Lipinski definition) is 3. The van der Waals surface area contributed by atoms with E-state index in [1.807, 2.05) is 18.2 Å². The molecule has 2 atom stereocenters. The van der Waals surface area contributed by atoms with Gasteiger partial charge in [-0.2, -0.15) is 0 Å². The lowest BCUT2D eigenvalue weighted by Gasteiger charge is -2.36. The number of aliphatic hydroxyl groups excluding tert-OH is 2. The topological polar surface area (TPSA) is 66.5 Å². The molecule has 0 spiro atoms. The molecular weight excluding hydrogens is 246 g/mol. The van der Waals surface area contributed by atoms with Gasteiger partial charge in [-0.15, -0.1) is 0 Å². The zero-order valence-electron chi connectivity index (χ0n) is 7.99. The zero-order valence-corrected chi connectivity index (χ0v) is 9.57. The standard InChI is InChI=1S/C10H16BrNO2/c11-9-2-1-4-10(12,5-7-14)8(9)3-6-13/h1-2,4,8,13-14H,3,5-7,12H2. The molecule has 2 unspecified atom stereocenters. The van der Waals surface area contributed by atoms with Gasteiger partial charge in [0.2, 0.25) is 0 Å². The van der Waals surface area contributed by atoms with Crippen molar-refractivity contribution in [2.24, 2.45) is 11.7 Å². The summed E-state index contributed by atoms with van der Waals surface area (Å²) in [6.07, 6.45) is 6.83. The summed E-state index contributed by atoms with van der Waals surface area (Å²) in [6.45, 7) is 0.162. The van der Waals surface area contributed by atoms with Gasteiger partial charge >= 0.3 is 0 Å². The van der Waals surface area contributed by atoms with Gasteiger partial charge in [0.15, 0.2) is 0 Å². The highest BCUT2D eigenvalue weighted by molar-refractivity contribution is 9.11. The molecule has 1 aliphatic carbocycles. The van der Waals surface area contributed by atoms with Gasteiger partial charge in [-0.05, 0) is 12.8 Å². The molecule has 14 heavy (non-hydrogen) atoms. The summed E-state index contributed by atoms with van der Waals surface area (Å²) in [5.41, 5.74) is 5.62. The van der Waals surface area contributed by atoms with Crippen LogP contribution in [0.25, 0.3) is 0 Å². The first kappa shape index (κ1) is 11.9. The lowest BCUT2D eigenvalue weighted by Crippen LogP contribution is -2.47. The second kappa shape index (κ2) is 5.07. The van der Waals surface area contributed by atoms with Crippen LogP contribution in [0.3, 0.4) is 0 Å². The van der Waals surface area contributed by atoms with E-state index >= 15 is 0 Å². The predicted octanol–water partition coefficient (Wildman–Crippen LogP) is 0.913. The summed E-state index contributed by atoms with van der Waals surface area (Å²) in [7, 11) is 0. The monoisotopic (exact) mass is 261 g/mol.